The maximum atomic E-state index is 11.7. The summed E-state index contributed by atoms with van der Waals surface area (Å²) in [7, 11) is 0. The van der Waals surface area contributed by atoms with E-state index in [9.17, 15) is 4.79 Å². The molecule has 1 aliphatic carbocycles. The standard InChI is InChI=1S/C20H22ClN7O2/c1-11(2)23-17(29)10-30-13-5-3-12(4-6-13)19-25-20(28-27-19)24-16-8-7-15-14(18(16)21)9-22-26-15/h3,5,7-9,11H,4,6,10H2,1-2H3,(H,22,26)(H,23,29)(H2,24,25,27,28). The van der Waals surface area contributed by atoms with Crippen molar-refractivity contribution in [3.63, 3.8) is 0 Å². The van der Waals surface area contributed by atoms with Crippen molar-refractivity contribution in [2.75, 3.05) is 11.9 Å². The Balaban J connectivity index is 1.40. The van der Waals surface area contributed by atoms with E-state index in [2.05, 4.69) is 36.0 Å². The van der Waals surface area contributed by atoms with Crippen LogP contribution in [0.15, 0.2) is 36.2 Å². The highest BCUT2D eigenvalue weighted by molar-refractivity contribution is 6.38. The maximum absolute atomic E-state index is 11.7. The Kier molecular flexibility index (Phi) is 5.71. The first kappa shape index (κ1) is 20.0. The summed E-state index contributed by atoms with van der Waals surface area (Å²) in [6.45, 7) is 3.85. The van der Waals surface area contributed by atoms with E-state index in [1.807, 2.05) is 38.1 Å². The van der Waals surface area contributed by atoms with Crippen LogP contribution >= 0.6 is 11.6 Å². The van der Waals surface area contributed by atoms with Crippen molar-refractivity contribution in [1.82, 2.24) is 30.7 Å². The molecule has 30 heavy (non-hydrogen) atoms. The summed E-state index contributed by atoms with van der Waals surface area (Å²) < 4.78 is 5.58. The van der Waals surface area contributed by atoms with Gasteiger partial charge in [-0.05, 0) is 44.1 Å². The smallest absolute Gasteiger partial charge is 0.258 e. The Bertz CT molecular complexity index is 1130. The van der Waals surface area contributed by atoms with Gasteiger partial charge in [-0.3, -0.25) is 15.0 Å². The molecule has 0 spiro atoms. The van der Waals surface area contributed by atoms with Crippen molar-refractivity contribution in [2.24, 2.45) is 0 Å². The number of anilines is 2. The summed E-state index contributed by atoms with van der Waals surface area (Å²) in [5.74, 6) is 1.74. The third kappa shape index (κ3) is 4.46. The van der Waals surface area contributed by atoms with Crippen LogP contribution in [0, 0.1) is 0 Å². The van der Waals surface area contributed by atoms with Crippen molar-refractivity contribution in [3.05, 3.63) is 47.1 Å². The van der Waals surface area contributed by atoms with Gasteiger partial charge in [-0.15, -0.1) is 5.10 Å². The third-order valence-electron chi connectivity index (χ3n) is 4.54. The summed E-state index contributed by atoms with van der Waals surface area (Å²) in [5, 5.41) is 21.4. The maximum Gasteiger partial charge on any atom is 0.258 e. The van der Waals surface area contributed by atoms with Crippen molar-refractivity contribution >= 4 is 45.6 Å². The topological polar surface area (TPSA) is 121 Å². The van der Waals surface area contributed by atoms with Crippen LogP contribution < -0.4 is 10.6 Å². The van der Waals surface area contributed by atoms with Gasteiger partial charge in [0.05, 0.1) is 28.2 Å². The average Bonchev–Trinajstić information content (AvgIpc) is 3.38. The number of rotatable bonds is 7. The van der Waals surface area contributed by atoms with Crippen LogP contribution in [0.5, 0.6) is 0 Å². The van der Waals surface area contributed by atoms with E-state index in [4.69, 9.17) is 16.3 Å². The number of carbonyl (C=O) groups is 1. The number of H-pyrrole nitrogens is 2. The molecular weight excluding hydrogens is 406 g/mol. The lowest BCUT2D eigenvalue weighted by Gasteiger charge is -2.15. The van der Waals surface area contributed by atoms with Crippen LogP contribution in [0.2, 0.25) is 5.02 Å². The minimum Gasteiger partial charge on any atom is -0.488 e. The van der Waals surface area contributed by atoms with E-state index < -0.39 is 0 Å². The van der Waals surface area contributed by atoms with Crippen molar-refractivity contribution in [3.8, 4) is 0 Å². The Morgan fingerprint density at radius 2 is 2.13 bits per heavy atom. The van der Waals surface area contributed by atoms with E-state index in [1.165, 1.54) is 0 Å². The number of nitrogens with one attached hydrogen (secondary N) is 4. The third-order valence-corrected chi connectivity index (χ3v) is 4.95. The second-order valence-corrected chi connectivity index (χ2v) is 7.60. The molecule has 1 aliphatic rings. The molecule has 0 saturated heterocycles. The van der Waals surface area contributed by atoms with Crippen molar-refractivity contribution < 1.29 is 9.53 Å². The molecule has 3 aromatic rings. The highest BCUT2D eigenvalue weighted by atomic mass is 35.5. The fraction of sp³-hybridized carbons (Fsp3) is 0.300. The molecule has 9 nitrogen and oxygen atoms in total. The van der Waals surface area contributed by atoms with Crippen LogP contribution in [0.3, 0.4) is 0 Å². The number of fused-ring (bicyclic) bond motifs is 1. The minimum atomic E-state index is -0.126. The van der Waals surface area contributed by atoms with Crippen LogP contribution in [0.4, 0.5) is 11.6 Å². The molecule has 2 heterocycles. The number of carbonyl (C=O) groups excluding carboxylic acids is 1. The van der Waals surface area contributed by atoms with E-state index in [0.717, 1.165) is 28.7 Å². The van der Waals surface area contributed by atoms with Gasteiger partial charge in [0.1, 0.15) is 0 Å². The zero-order valence-electron chi connectivity index (χ0n) is 16.6. The number of amides is 1. The number of hydrogen-bond donors (Lipinski definition) is 4. The van der Waals surface area contributed by atoms with Gasteiger partial charge in [0, 0.05) is 17.8 Å². The first-order chi connectivity index (χ1) is 14.5. The van der Waals surface area contributed by atoms with Gasteiger partial charge in [0.2, 0.25) is 5.95 Å². The van der Waals surface area contributed by atoms with Crippen molar-refractivity contribution in [1.29, 1.82) is 0 Å². The lowest BCUT2D eigenvalue weighted by Crippen LogP contribution is -2.33. The summed E-state index contributed by atoms with van der Waals surface area (Å²) in [6.07, 6.45) is 6.88. The number of aromatic nitrogens is 5. The highest BCUT2D eigenvalue weighted by Crippen LogP contribution is 2.32. The molecule has 1 amide bonds. The number of benzene rings is 1. The minimum absolute atomic E-state index is 0.0192. The quantitative estimate of drug-likeness (QED) is 0.456. The molecule has 156 valence electrons. The number of allylic oxidation sites excluding steroid dienone is 4. The van der Waals surface area contributed by atoms with E-state index in [-0.39, 0.29) is 18.6 Å². The van der Waals surface area contributed by atoms with E-state index >= 15 is 0 Å². The molecule has 0 radical (unpaired) electrons. The Hall–Kier alpha value is -3.33. The molecule has 0 bridgehead atoms. The molecule has 0 unspecified atom stereocenters. The van der Waals surface area contributed by atoms with E-state index in [1.54, 1.807) is 6.20 Å². The van der Waals surface area contributed by atoms with Crippen molar-refractivity contribution in [2.45, 2.75) is 32.7 Å². The second-order valence-electron chi connectivity index (χ2n) is 7.23. The van der Waals surface area contributed by atoms with Gasteiger partial charge >= 0.3 is 0 Å². The second kappa shape index (κ2) is 8.58. The molecule has 2 aromatic heterocycles. The van der Waals surface area contributed by atoms with Crippen LogP contribution in [0.25, 0.3) is 16.5 Å². The number of hydrogen-bond acceptors (Lipinski definition) is 6. The molecule has 4 N–H and O–H groups in total. The fourth-order valence-electron chi connectivity index (χ4n) is 3.12. The molecule has 4 rings (SSSR count). The lowest BCUT2D eigenvalue weighted by molar-refractivity contribution is -0.125. The first-order valence-electron chi connectivity index (χ1n) is 9.63. The Morgan fingerprint density at radius 1 is 1.27 bits per heavy atom. The van der Waals surface area contributed by atoms with Crippen LogP contribution in [0.1, 0.15) is 32.5 Å². The van der Waals surface area contributed by atoms with Crippen LogP contribution in [-0.2, 0) is 9.53 Å². The van der Waals surface area contributed by atoms with Gasteiger partial charge in [-0.1, -0.05) is 17.7 Å². The molecule has 0 saturated carbocycles. The molecular formula is C20H22ClN7O2. The SMILES string of the molecule is CC(C)NC(=O)COC1=CC=C(c2nc(Nc3ccc4[nH]ncc4c3Cl)n[nH]2)CC1. The van der Waals surface area contributed by atoms with Gasteiger partial charge in [0.15, 0.2) is 12.4 Å². The normalized spacial score (nSPS) is 13.9. The van der Waals surface area contributed by atoms with Crippen LogP contribution in [-0.4, -0.2) is 43.9 Å². The number of ether oxygens (including phenoxy) is 1. The molecule has 10 heteroatoms. The largest absolute Gasteiger partial charge is 0.488 e. The summed E-state index contributed by atoms with van der Waals surface area (Å²) in [6, 6.07) is 3.83. The Labute approximate surface area is 177 Å². The number of nitrogens with zero attached hydrogens (tertiary/aromatic N) is 3. The zero-order valence-corrected chi connectivity index (χ0v) is 17.4. The average molecular weight is 428 g/mol. The molecule has 1 aromatic carbocycles. The van der Waals surface area contributed by atoms with Gasteiger partial charge in [-0.25, -0.2) is 0 Å². The zero-order chi connectivity index (χ0) is 21.1. The lowest BCUT2D eigenvalue weighted by atomic mass is 10.0. The Morgan fingerprint density at radius 3 is 2.90 bits per heavy atom. The molecule has 0 atom stereocenters. The molecule has 0 aliphatic heterocycles. The predicted molar refractivity (Wildman–Crippen MR) is 115 cm³/mol. The molecule has 0 fully saturated rings. The summed E-state index contributed by atoms with van der Waals surface area (Å²) in [5.41, 5.74) is 2.56. The van der Waals surface area contributed by atoms with Gasteiger partial charge in [-0.2, -0.15) is 10.1 Å². The predicted octanol–water partition coefficient (Wildman–Crippen LogP) is 3.68. The van der Waals surface area contributed by atoms with Gasteiger partial charge in [0.25, 0.3) is 5.91 Å². The van der Waals surface area contributed by atoms with Gasteiger partial charge < -0.3 is 15.4 Å². The number of halogens is 1. The number of aromatic amines is 2. The summed E-state index contributed by atoms with van der Waals surface area (Å²) in [4.78, 5) is 16.2. The summed E-state index contributed by atoms with van der Waals surface area (Å²) >= 11 is 6.43. The van der Waals surface area contributed by atoms with E-state index in [0.29, 0.717) is 28.9 Å². The first-order valence-corrected chi connectivity index (χ1v) is 10.0. The highest BCUT2D eigenvalue weighted by Gasteiger charge is 2.15. The fourth-order valence-corrected chi connectivity index (χ4v) is 3.38. The monoisotopic (exact) mass is 427 g/mol.